The zero-order chi connectivity index (χ0) is 20.5. The van der Waals surface area contributed by atoms with E-state index in [9.17, 15) is 9.59 Å². The first-order chi connectivity index (χ1) is 14.0. The lowest BCUT2D eigenvalue weighted by Crippen LogP contribution is -2.35. The summed E-state index contributed by atoms with van der Waals surface area (Å²) >= 11 is 0. The van der Waals surface area contributed by atoms with Crippen LogP contribution in [0.1, 0.15) is 44.2 Å². The number of carbonyl (C=O) groups is 2. The fourth-order valence-corrected chi connectivity index (χ4v) is 3.99. The third-order valence-corrected chi connectivity index (χ3v) is 5.64. The van der Waals surface area contributed by atoms with E-state index in [0.29, 0.717) is 12.1 Å². The monoisotopic (exact) mass is 384 g/mol. The molecule has 3 aromatic carbocycles. The Morgan fingerprint density at radius 3 is 2.21 bits per heavy atom. The van der Waals surface area contributed by atoms with Gasteiger partial charge in [-0.1, -0.05) is 60.7 Å². The van der Waals surface area contributed by atoms with E-state index >= 15 is 0 Å². The second-order valence-corrected chi connectivity index (χ2v) is 7.61. The second-order valence-electron chi connectivity index (χ2n) is 7.61. The first-order valence-corrected chi connectivity index (χ1v) is 9.79. The van der Waals surface area contributed by atoms with Gasteiger partial charge in [0.1, 0.15) is 6.04 Å². The number of hydrogen-bond acceptors (Lipinski definition) is 2. The summed E-state index contributed by atoms with van der Waals surface area (Å²) in [4.78, 5) is 28.2. The van der Waals surface area contributed by atoms with Gasteiger partial charge in [-0.2, -0.15) is 0 Å². The minimum Gasteiger partial charge on any atom is -0.323 e. The fraction of sp³-hybridized carbons (Fsp3) is 0.200. The molecule has 4 rings (SSSR count). The second kappa shape index (κ2) is 7.55. The van der Waals surface area contributed by atoms with Crippen LogP contribution in [0.15, 0.2) is 66.7 Å². The third kappa shape index (κ3) is 3.42. The first kappa shape index (κ1) is 18.9. The number of rotatable bonds is 4. The third-order valence-electron chi connectivity index (χ3n) is 5.64. The fourth-order valence-electron chi connectivity index (χ4n) is 3.99. The maximum Gasteiger partial charge on any atom is 0.255 e. The molecule has 1 atom stereocenters. The van der Waals surface area contributed by atoms with Gasteiger partial charge in [0.15, 0.2) is 0 Å². The topological polar surface area (TPSA) is 49.4 Å². The van der Waals surface area contributed by atoms with Crippen LogP contribution in [0.4, 0.5) is 5.69 Å². The van der Waals surface area contributed by atoms with Crippen molar-refractivity contribution in [2.45, 2.75) is 33.4 Å². The van der Waals surface area contributed by atoms with Crippen LogP contribution in [0.5, 0.6) is 0 Å². The van der Waals surface area contributed by atoms with Crippen LogP contribution in [0.25, 0.3) is 0 Å². The number of nitrogens with one attached hydrogen (secondary N) is 1. The molecule has 0 fully saturated rings. The summed E-state index contributed by atoms with van der Waals surface area (Å²) in [6.45, 7) is 6.36. The van der Waals surface area contributed by atoms with Crippen LogP contribution in [0, 0.1) is 20.8 Å². The van der Waals surface area contributed by atoms with Crippen LogP contribution >= 0.6 is 0 Å². The van der Waals surface area contributed by atoms with Gasteiger partial charge in [-0.25, -0.2) is 0 Å². The molecule has 1 unspecified atom stereocenters. The molecule has 0 bridgehead atoms. The molecule has 0 aromatic heterocycles. The van der Waals surface area contributed by atoms with Gasteiger partial charge in [0.25, 0.3) is 11.8 Å². The Balaban J connectivity index is 1.72. The smallest absolute Gasteiger partial charge is 0.255 e. The van der Waals surface area contributed by atoms with Crippen molar-refractivity contribution in [3.63, 3.8) is 0 Å². The van der Waals surface area contributed by atoms with Gasteiger partial charge < -0.3 is 10.2 Å². The summed E-state index contributed by atoms with van der Waals surface area (Å²) in [5.74, 6) is -0.292. The van der Waals surface area contributed by atoms with E-state index < -0.39 is 6.04 Å². The van der Waals surface area contributed by atoms with Crippen LogP contribution in [0.2, 0.25) is 0 Å². The highest BCUT2D eigenvalue weighted by Crippen LogP contribution is 2.36. The summed E-state index contributed by atoms with van der Waals surface area (Å²) in [6.07, 6.45) is 0. The molecular weight excluding hydrogens is 360 g/mol. The number of benzene rings is 3. The van der Waals surface area contributed by atoms with E-state index in [2.05, 4.69) is 5.32 Å². The lowest BCUT2D eigenvalue weighted by Gasteiger charge is -2.26. The Morgan fingerprint density at radius 2 is 1.48 bits per heavy atom. The average Bonchev–Trinajstić information content (AvgIpc) is 2.99. The van der Waals surface area contributed by atoms with Crippen LogP contribution in [0.3, 0.4) is 0 Å². The molecule has 1 heterocycles. The molecular formula is C25H24N2O2. The Morgan fingerprint density at radius 1 is 0.862 bits per heavy atom. The van der Waals surface area contributed by atoms with Gasteiger partial charge in [0, 0.05) is 17.8 Å². The van der Waals surface area contributed by atoms with Gasteiger partial charge in [-0.3, -0.25) is 9.59 Å². The van der Waals surface area contributed by atoms with Crippen molar-refractivity contribution in [3.05, 3.63) is 100 Å². The highest BCUT2D eigenvalue weighted by atomic mass is 16.2. The Bertz CT molecular complexity index is 1080. The zero-order valence-electron chi connectivity index (χ0n) is 16.9. The molecule has 0 radical (unpaired) electrons. The number of nitrogens with zero attached hydrogens (tertiary/aromatic N) is 1. The minimum atomic E-state index is -0.655. The van der Waals surface area contributed by atoms with Crippen molar-refractivity contribution in [3.8, 4) is 0 Å². The minimum absolute atomic E-state index is 0.106. The highest BCUT2D eigenvalue weighted by molar-refractivity contribution is 6.08. The van der Waals surface area contributed by atoms with E-state index in [0.717, 1.165) is 33.5 Å². The molecule has 1 N–H and O–H groups in total. The number of aryl methyl sites for hydroxylation is 3. The Hall–Kier alpha value is -3.40. The average molecular weight is 384 g/mol. The van der Waals surface area contributed by atoms with E-state index in [1.54, 1.807) is 11.0 Å². The lowest BCUT2D eigenvalue weighted by molar-refractivity contribution is -0.120. The lowest BCUT2D eigenvalue weighted by atomic mass is 10.0. The van der Waals surface area contributed by atoms with Crippen molar-refractivity contribution in [1.82, 2.24) is 4.90 Å². The molecule has 1 aliphatic heterocycles. The number of amides is 2. The SMILES string of the molecule is Cc1ccccc1CN1C(=O)c2ccccc2C1C(=O)Nc1c(C)cccc1C. The van der Waals surface area contributed by atoms with E-state index in [1.165, 1.54) is 0 Å². The standard InChI is InChI=1S/C25H24N2O2/c1-16-9-4-5-12-19(16)15-27-23(20-13-6-7-14-21(20)25(27)29)24(28)26-22-17(2)10-8-11-18(22)3/h4-14,23H,15H2,1-3H3,(H,26,28). The normalized spacial score (nSPS) is 15.3. The molecule has 29 heavy (non-hydrogen) atoms. The van der Waals surface area contributed by atoms with E-state index in [1.807, 2.05) is 81.4 Å². The summed E-state index contributed by atoms with van der Waals surface area (Å²) in [5, 5.41) is 3.08. The van der Waals surface area contributed by atoms with Gasteiger partial charge in [0.2, 0.25) is 0 Å². The molecule has 4 heteroatoms. The highest BCUT2D eigenvalue weighted by Gasteiger charge is 2.41. The van der Waals surface area contributed by atoms with Gasteiger partial charge in [-0.05, 0) is 54.7 Å². The van der Waals surface area contributed by atoms with Crippen LogP contribution in [-0.4, -0.2) is 16.7 Å². The molecule has 0 saturated carbocycles. The number of carbonyl (C=O) groups excluding carboxylic acids is 2. The van der Waals surface area contributed by atoms with Crippen molar-refractivity contribution in [2.75, 3.05) is 5.32 Å². The number of para-hydroxylation sites is 1. The van der Waals surface area contributed by atoms with Crippen LogP contribution < -0.4 is 5.32 Å². The molecule has 0 spiro atoms. The molecule has 4 nitrogen and oxygen atoms in total. The maximum atomic E-state index is 13.4. The van der Waals surface area contributed by atoms with Crippen molar-refractivity contribution in [1.29, 1.82) is 0 Å². The predicted octanol–water partition coefficient (Wildman–Crippen LogP) is 4.95. The van der Waals surface area contributed by atoms with E-state index in [4.69, 9.17) is 0 Å². The van der Waals surface area contributed by atoms with Gasteiger partial charge >= 0.3 is 0 Å². The molecule has 0 saturated heterocycles. The van der Waals surface area contributed by atoms with Crippen molar-refractivity contribution in [2.24, 2.45) is 0 Å². The number of anilines is 1. The molecule has 2 amide bonds. The molecule has 3 aromatic rings. The van der Waals surface area contributed by atoms with Crippen molar-refractivity contribution >= 4 is 17.5 Å². The van der Waals surface area contributed by atoms with Crippen molar-refractivity contribution < 1.29 is 9.59 Å². The summed E-state index contributed by atoms with van der Waals surface area (Å²) in [6, 6.07) is 20.6. The Kier molecular flexibility index (Phi) is 4.93. The summed E-state index contributed by atoms with van der Waals surface area (Å²) < 4.78 is 0. The quantitative estimate of drug-likeness (QED) is 0.692. The van der Waals surface area contributed by atoms with Gasteiger partial charge in [0.05, 0.1) is 0 Å². The number of fused-ring (bicyclic) bond motifs is 1. The first-order valence-electron chi connectivity index (χ1n) is 9.79. The summed E-state index contributed by atoms with van der Waals surface area (Å²) in [7, 11) is 0. The molecule has 146 valence electrons. The van der Waals surface area contributed by atoms with E-state index in [-0.39, 0.29) is 11.8 Å². The Labute approximate surface area is 171 Å². The predicted molar refractivity (Wildman–Crippen MR) is 115 cm³/mol. The molecule has 1 aliphatic rings. The molecule has 0 aliphatic carbocycles. The zero-order valence-corrected chi connectivity index (χ0v) is 16.9. The van der Waals surface area contributed by atoms with Gasteiger partial charge in [-0.15, -0.1) is 0 Å². The largest absolute Gasteiger partial charge is 0.323 e. The number of hydrogen-bond donors (Lipinski definition) is 1. The van der Waals surface area contributed by atoms with Crippen LogP contribution in [-0.2, 0) is 11.3 Å². The maximum absolute atomic E-state index is 13.4. The summed E-state index contributed by atoms with van der Waals surface area (Å²) in [5.41, 5.74) is 6.31.